The van der Waals surface area contributed by atoms with Crippen LogP contribution in [0.25, 0.3) is 0 Å². The molecule has 3 heteroatoms. The molecule has 1 atom stereocenters. The average molecular weight is 283 g/mol. The molecule has 2 rings (SSSR count). The Morgan fingerprint density at radius 2 is 2.38 bits per heavy atom. The van der Waals surface area contributed by atoms with Gasteiger partial charge in [-0.1, -0.05) is 28.1 Å². The van der Waals surface area contributed by atoms with E-state index in [0.29, 0.717) is 6.04 Å². The Bertz CT molecular complexity index is 340. The maximum atomic E-state index is 3.52. The van der Waals surface area contributed by atoms with Gasteiger partial charge < -0.3 is 10.2 Å². The third-order valence-corrected chi connectivity index (χ3v) is 3.79. The first-order valence-corrected chi connectivity index (χ1v) is 6.70. The molecule has 0 spiro atoms. The van der Waals surface area contributed by atoms with Gasteiger partial charge in [-0.3, -0.25) is 0 Å². The van der Waals surface area contributed by atoms with Gasteiger partial charge in [-0.25, -0.2) is 0 Å². The number of rotatable bonds is 3. The topological polar surface area (TPSA) is 15.3 Å². The molecule has 88 valence electrons. The highest BCUT2D eigenvalue weighted by atomic mass is 79.9. The van der Waals surface area contributed by atoms with Gasteiger partial charge in [0.15, 0.2) is 0 Å². The average Bonchev–Trinajstić information content (AvgIpc) is 2.28. The molecule has 16 heavy (non-hydrogen) atoms. The van der Waals surface area contributed by atoms with Crippen molar-refractivity contribution in [1.82, 2.24) is 10.2 Å². The molecular weight excluding hydrogens is 264 g/mol. The summed E-state index contributed by atoms with van der Waals surface area (Å²) in [5.74, 6) is 0. The Kier molecular flexibility index (Phi) is 4.38. The summed E-state index contributed by atoms with van der Waals surface area (Å²) in [4.78, 5) is 2.47. The Labute approximate surface area is 106 Å². The lowest BCUT2D eigenvalue weighted by molar-refractivity contribution is 0.191. The third kappa shape index (κ3) is 3.30. The van der Waals surface area contributed by atoms with E-state index in [0.717, 1.165) is 19.5 Å². The number of nitrogens with one attached hydrogen (secondary N) is 1. The van der Waals surface area contributed by atoms with Crippen molar-refractivity contribution >= 4 is 15.9 Å². The maximum absolute atomic E-state index is 3.52. The number of benzene rings is 1. The summed E-state index contributed by atoms with van der Waals surface area (Å²) in [6, 6.07) is 9.31. The summed E-state index contributed by atoms with van der Waals surface area (Å²) in [5, 5.41) is 3.46. The van der Waals surface area contributed by atoms with Gasteiger partial charge in [-0.15, -0.1) is 0 Å². The zero-order chi connectivity index (χ0) is 11.4. The quantitative estimate of drug-likeness (QED) is 0.915. The molecule has 0 aromatic heterocycles. The summed E-state index contributed by atoms with van der Waals surface area (Å²) >= 11 is 3.52. The SMILES string of the molecule is CN1CCNCC1CCc1cccc(Br)c1. The van der Waals surface area contributed by atoms with Crippen LogP contribution in [0.2, 0.25) is 0 Å². The highest BCUT2D eigenvalue weighted by Gasteiger charge is 2.17. The monoisotopic (exact) mass is 282 g/mol. The van der Waals surface area contributed by atoms with Gasteiger partial charge >= 0.3 is 0 Å². The molecule has 1 unspecified atom stereocenters. The number of likely N-dealkylation sites (N-methyl/N-ethyl adjacent to an activating group) is 1. The molecule has 0 aliphatic carbocycles. The van der Waals surface area contributed by atoms with Gasteiger partial charge in [0.25, 0.3) is 0 Å². The van der Waals surface area contributed by atoms with Crippen molar-refractivity contribution in [2.75, 3.05) is 26.7 Å². The second kappa shape index (κ2) is 5.80. The fourth-order valence-electron chi connectivity index (χ4n) is 2.21. The van der Waals surface area contributed by atoms with E-state index in [2.05, 4.69) is 57.5 Å². The molecule has 1 heterocycles. The molecule has 1 N–H and O–H groups in total. The minimum atomic E-state index is 0.688. The third-order valence-electron chi connectivity index (χ3n) is 3.30. The number of hydrogen-bond donors (Lipinski definition) is 1. The number of aryl methyl sites for hydroxylation is 1. The molecule has 0 bridgehead atoms. The first kappa shape index (κ1) is 12.1. The maximum Gasteiger partial charge on any atom is 0.0221 e. The van der Waals surface area contributed by atoms with Crippen LogP contribution in [0, 0.1) is 0 Å². The van der Waals surface area contributed by atoms with Crippen molar-refractivity contribution < 1.29 is 0 Å². The largest absolute Gasteiger partial charge is 0.314 e. The number of hydrogen-bond acceptors (Lipinski definition) is 2. The van der Waals surface area contributed by atoms with Gasteiger partial charge in [0.05, 0.1) is 0 Å². The summed E-state index contributed by atoms with van der Waals surface area (Å²) < 4.78 is 1.18. The molecule has 1 aliphatic heterocycles. The van der Waals surface area contributed by atoms with Crippen molar-refractivity contribution in [1.29, 1.82) is 0 Å². The summed E-state index contributed by atoms with van der Waals surface area (Å²) in [7, 11) is 2.23. The lowest BCUT2D eigenvalue weighted by Crippen LogP contribution is -2.49. The molecule has 1 aromatic carbocycles. The minimum Gasteiger partial charge on any atom is -0.314 e. The van der Waals surface area contributed by atoms with Crippen LogP contribution in [-0.4, -0.2) is 37.6 Å². The molecule has 1 saturated heterocycles. The normalized spacial score (nSPS) is 22.2. The Morgan fingerprint density at radius 3 is 3.12 bits per heavy atom. The molecule has 0 saturated carbocycles. The first-order valence-electron chi connectivity index (χ1n) is 5.91. The zero-order valence-electron chi connectivity index (χ0n) is 9.75. The molecule has 1 aliphatic rings. The van der Waals surface area contributed by atoms with Crippen molar-refractivity contribution in [3.63, 3.8) is 0 Å². The fraction of sp³-hybridized carbons (Fsp3) is 0.538. The summed E-state index contributed by atoms with van der Waals surface area (Å²) in [5.41, 5.74) is 1.42. The fourth-order valence-corrected chi connectivity index (χ4v) is 2.66. The van der Waals surface area contributed by atoms with Crippen molar-refractivity contribution in [3.05, 3.63) is 34.3 Å². The molecule has 2 nitrogen and oxygen atoms in total. The van der Waals surface area contributed by atoms with E-state index < -0.39 is 0 Å². The van der Waals surface area contributed by atoms with Crippen LogP contribution in [0.3, 0.4) is 0 Å². The van der Waals surface area contributed by atoms with Gasteiger partial charge in [0, 0.05) is 30.1 Å². The van der Waals surface area contributed by atoms with Gasteiger partial charge in [0.1, 0.15) is 0 Å². The van der Waals surface area contributed by atoms with Gasteiger partial charge in [-0.2, -0.15) is 0 Å². The van der Waals surface area contributed by atoms with Crippen LogP contribution in [0.15, 0.2) is 28.7 Å². The lowest BCUT2D eigenvalue weighted by Gasteiger charge is -2.33. The first-order chi connectivity index (χ1) is 7.75. The Hall–Kier alpha value is -0.380. The van der Waals surface area contributed by atoms with Crippen molar-refractivity contribution in [2.24, 2.45) is 0 Å². The van der Waals surface area contributed by atoms with E-state index in [1.54, 1.807) is 0 Å². The standard InChI is InChI=1S/C13H19BrN2/c1-16-8-7-15-10-13(16)6-5-11-3-2-4-12(14)9-11/h2-4,9,13,15H,5-8,10H2,1H3. The summed E-state index contributed by atoms with van der Waals surface area (Å²) in [6.07, 6.45) is 2.40. The Morgan fingerprint density at radius 1 is 1.50 bits per heavy atom. The number of nitrogens with zero attached hydrogens (tertiary/aromatic N) is 1. The predicted molar refractivity (Wildman–Crippen MR) is 71.8 cm³/mol. The highest BCUT2D eigenvalue weighted by molar-refractivity contribution is 9.10. The second-order valence-electron chi connectivity index (χ2n) is 4.51. The van der Waals surface area contributed by atoms with Crippen LogP contribution >= 0.6 is 15.9 Å². The number of piperazine rings is 1. The van der Waals surface area contributed by atoms with E-state index in [-0.39, 0.29) is 0 Å². The molecule has 1 aromatic rings. The van der Waals surface area contributed by atoms with Crippen LogP contribution in [0.5, 0.6) is 0 Å². The smallest absolute Gasteiger partial charge is 0.0221 e. The van der Waals surface area contributed by atoms with Crippen LogP contribution < -0.4 is 5.32 Å². The van der Waals surface area contributed by atoms with E-state index in [9.17, 15) is 0 Å². The van der Waals surface area contributed by atoms with Crippen LogP contribution in [0.1, 0.15) is 12.0 Å². The van der Waals surface area contributed by atoms with Gasteiger partial charge in [-0.05, 0) is 37.6 Å². The molecule has 0 amide bonds. The predicted octanol–water partition coefficient (Wildman–Crippen LogP) is 2.29. The molecule has 0 radical (unpaired) electrons. The summed E-state index contributed by atoms with van der Waals surface area (Å²) in [6.45, 7) is 3.43. The van der Waals surface area contributed by atoms with Crippen molar-refractivity contribution in [3.8, 4) is 0 Å². The van der Waals surface area contributed by atoms with E-state index in [4.69, 9.17) is 0 Å². The lowest BCUT2D eigenvalue weighted by atomic mass is 10.0. The number of halogens is 1. The molecule has 1 fully saturated rings. The van der Waals surface area contributed by atoms with Crippen LogP contribution in [0.4, 0.5) is 0 Å². The van der Waals surface area contributed by atoms with E-state index in [1.807, 2.05) is 0 Å². The second-order valence-corrected chi connectivity index (χ2v) is 5.42. The van der Waals surface area contributed by atoms with E-state index in [1.165, 1.54) is 23.0 Å². The Balaban J connectivity index is 1.86. The van der Waals surface area contributed by atoms with Crippen molar-refractivity contribution in [2.45, 2.75) is 18.9 Å². The van der Waals surface area contributed by atoms with Gasteiger partial charge in [0.2, 0.25) is 0 Å². The molecular formula is C13H19BrN2. The van der Waals surface area contributed by atoms with E-state index >= 15 is 0 Å². The van der Waals surface area contributed by atoms with Crippen LogP contribution in [-0.2, 0) is 6.42 Å². The minimum absolute atomic E-state index is 0.688. The zero-order valence-corrected chi connectivity index (χ0v) is 11.3. The highest BCUT2D eigenvalue weighted by Crippen LogP contribution is 2.15.